The molecule has 140 valence electrons. The molecule has 0 radical (unpaired) electrons. The van der Waals surface area contributed by atoms with Crippen LogP contribution >= 0.6 is 0 Å². The minimum Gasteiger partial charge on any atom is -0.341 e. The number of nitrogens with zero attached hydrogens (tertiary/aromatic N) is 5. The molecule has 0 aliphatic heterocycles. The molecular formula is C18H16N8O2. The summed E-state index contributed by atoms with van der Waals surface area (Å²) in [7, 11) is 0. The number of H-pyrrole nitrogens is 1. The van der Waals surface area contributed by atoms with Crippen LogP contribution in [0.4, 0.5) is 5.69 Å². The van der Waals surface area contributed by atoms with E-state index in [2.05, 4.69) is 36.1 Å². The van der Waals surface area contributed by atoms with Crippen LogP contribution in [0.3, 0.4) is 0 Å². The van der Waals surface area contributed by atoms with E-state index >= 15 is 0 Å². The largest absolute Gasteiger partial charge is 0.341 e. The number of imidazole rings is 1. The second kappa shape index (κ2) is 7.27. The van der Waals surface area contributed by atoms with Crippen molar-refractivity contribution in [3.63, 3.8) is 0 Å². The lowest BCUT2D eigenvalue weighted by Crippen LogP contribution is -2.35. The highest BCUT2D eigenvalue weighted by atomic mass is 16.2. The Kier molecular flexibility index (Phi) is 4.50. The van der Waals surface area contributed by atoms with Crippen LogP contribution < -0.4 is 10.6 Å². The zero-order chi connectivity index (χ0) is 19.5. The standard InChI is InChI=1S/C18H16N8O2/c1-11-23-24-25-26(11)13-6-4-5-12(9-13)20-18(28)17(27)19-10-16-21-14-7-2-3-8-15(14)22-16/h2-9H,10H2,1H3,(H,19,27)(H,20,28)(H,21,22). The molecule has 0 saturated heterocycles. The average molecular weight is 376 g/mol. The Morgan fingerprint density at radius 2 is 1.96 bits per heavy atom. The van der Waals surface area contributed by atoms with Gasteiger partial charge in [0.15, 0.2) is 5.82 Å². The molecule has 0 unspecified atom stereocenters. The summed E-state index contributed by atoms with van der Waals surface area (Å²) >= 11 is 0. The van der Waals surface area contributed by atoms with E-state index in [1.54, 1.807) is 31.2 Å². The first kappa shape index (κ1) is 17.3. The number of carbonyl (C=O) groups is 2. The monoisotopic (exact) mass is 376 g/mol. The summed E-state index contributed by atoms with van der Waals surface area (Å²) in [5, 5.41) is 16.4. The van der Waals surface area contributed by atoms with Crippen LogP contribution in [-0.4, -0.2) is 42.0 Å². The molecule has 4 rings (SSSR count). The van der Waals surface area contributed by atoms with Gasteiger partial charge in [0.1, 0.15) is 5.82 Å². The number of anilines is 1. The van der Waals surface area contributed by atoms with Crippen molar-refractivity contribution in [3.8, 4) is 5.69 Å². The summed E-state index contributed by atoms with van der Waals surface area (Å²) in [5.41, 5.74) is 2.79. The Balaban J connectivity index is 1.39. The number of rotatable bonds is 4. The van der Waals surface area contributed by atoms with Gasteiger partial charge in [-0.05, 0) is 47.7 Å². The molecule has 2 amide bonds. The highest BCUT2D eigenvalue weighted by molar-refractivity contribution is 6.39. The van der Waals surface area contributed by atoms with Crippen LogP contribution in [0.5, 0.6) is 0 Å². The van der Waals surface area contributed by atoms with Crippen LogP contribution in [0.25, 0.3) is 16.7 Å². The molecule has 0 saturated carbocycles. The first-order chi connectivity index (χ1) is 13.6. The van der Waals surface area contributed by atoms with Crippen LogP contribution in [0.15, 0.2) is 48.5 Å². The van der Waals surface area contributed by atoms with E-state index in [0.29, 0.717) is 23.0 Å². The predicted molar refractivity (Wildman–Crippen MR) is 100 cm³/mol. The molecule has 10 heteroatoms. The van der Waals surface area contributed by atoms with E-state index < -0.39 is 11.8 Å². The maximum Gasteiger partial charge on any atom is 0.313 e. The number of aromatic nitrogens is 6. The lowest BCUT2D eigenvalue weighted by Gasteiger charge is -2.08. The molecule has 0 bridgehead atoms. The SMILES string of the molecule is Cc1nnnn1-c1cccc(NC(=O)C(=O)NCc2nc3ccccc3[nH]2)c1. The van der Waals surface area contributed by atoms with Gasteiger partial charge in [0.05, 0.1) is 23.3 Å². The maximum atomic E-state index is 12.2. The first-order valence-corrected chi connectivity index (χ1v) is 8.48. The number of amides is 2. The van der Waals surface area contributed by atoms with Gasteiger partial charge < -0.3 is 15.6 Å². The van der Waals surface area contributed by atoms with Crippen LogP contribution in [0, 0.1) is 6.92 Å². The number of aromatic amines is 1. The van der Waals surface area contributed by atoms with Gasteiger partial charge in [0.25, 0.3) is 0 Å². The quantitative estimate of drug-likeness (QED) is 0.457. The van der Waals surface area contributed by atoms with E-state index in [9.17, 15) is 9.59 Å². The lowest BCUT2D eigenvalue weighted by atomic mass is 10.2. The van der Waals surface area contributed by atoms with Crippen molar-refractivity contribution in [3.05, 3.63) is 60.2 Å². The summed E-state index contributed by atoms with van der Waals surface area (Å²) in [4.78, 5) is 31.7. The normalized spacial score (nSPS) is 10.8. The fraction of sp³-hybridized carbons (Fsp3) is 0.111. The van der Waals surface area contributed by atoms with Crippen molar-refractivity contribution in [2.24, 2.45) is 0 Å². The number of carbonyl (C=O) groups excluding carboxylic acids is 2. The number of benzene rings is 2. The fourth-order valence-corrected chi connectivity index (χ4v) is 2.71. The number of hydrogen-bond donors (Lipinski definition) is 3. The fourth-order valence-electron chi connectivity index (χ4n) is 2.71. The summed E-state index contributed by atoms with van der Waals surface area (Å²) < 4.78 is 1.53. The molecule has 2 aromatic carbocycles. The average Bonchev–Trinajstić information content (AvgIpc) is 3.31. The van der Waals surface area contributed by atoms with Crippen molar-refractivity contribution >= 4 is 28.5 Å². The van der Waals surface area contributed by atoms with E-state index in [1.165, 1.54) is 4.68 Å². The van der Waals surface area contributed by atoms with Gasteiger partial charge in [0, 0.05) is 5.69 Å². The van der Waals surface area contributed by atoms with Crippen LogP contribution in [-0.2, 0) is 16.1 Å². The summed E-state index contributed by atoms with van der Waals surface area (Å²) in [5.74, 6) is -0.364. The summed E-state index contributed by atoms with van der Waals surface area (Å²) in [6, 6.07) is 14.4. The number of tetrazole rings is 1. The minimum absolute atomic E-state index is 0.116. The molecule has 4 aromatic rings. The van der Waals surface area contributed by atoms with Crippen molar-refractivity contribution in [1.29, 1.82) is 0 Å². The second-order valence-corrected chi connectivity index (χ2v) is 6.03. The Bertz CT molecular complexity index is 1130. The molecule has 28 heavy (non-hydrogen) atoms. The second-order valence-electron chi connectivity index (χ2n) is 6.03. The molecular weight excluding hydrogens is 360 g/mol. The smallest absolute Gasteiger partial charge is 0.313 e. The Labute approximate surface area is 159 Å². The van der Waals surface area contributed by atoms with Crippen molar-refractivity contribution in [2.45, 2.75) is 13.5 Å². The van der Waals surface area contributed by atoms with Crippen LogP contribution in [0.2, 0.25) is 0 Å². The highest BCUT2D eigenvalue weighted by Crippen LogP contribution is 2.14. The number of para-hydroxylation sites is 2. The molecule has 0 aliphatic rings. The van der Waals surface area contributed by atoms with Gasteiger partial charge in [-0.25, -0.2) is 4.98 Å². The molecule has 3 N–H and O–H groups in total. The highest BCUT2D eigenvalue weighted by Gasteiger charge is 2.15. The zero-order valence-corrected chi connectivity index (χ0v) is 14.9. The molecule has 2 aromatic heterocycles. The van der Waals surface area contributed by atoms with Gasteiger partial charge in [0.2, 0.25) is 0 Å². The Morgan fingerprint density at radius 1 is 1.11 bits per heavy atom. The van der Waals surface area contributed by atoms with Crippen molar-refractivity contribution in [1.82, 2.24) is 35.5 Å². The van der Waals surface area contributed by atoms with E-state index in [0.717, 1.165) is 11.0 Å². The molecule has 10 nitrogen and oxygen atoms in total. The molecule has 2 heterocycles. The Morgan fingerprint density at radius 3 is 2.75 bits per heavy atom. The molecule has 0 aliphatic carbocycles. The van der Waals surface area contributed by atoms with Crippen molar-refractivity contribution < 1.29 is 9.59 Å². The summed E-state index contributed by atoms with van der Waals surface area (Å²) in [6.45, 7) is 1.88. The number of nitrogens with one attached hydrogen (secondary N) is 3. The Hall–Kier alpha value is -4.08. The lowest BCUT2D eigenvalue weighted by molar-refractivity contribution is -0.136. The first-order valence-electron chi connectivity index (χ1n) is 8.48. The van der Waals surface area contributed by atoms with E-state index in [1.807, 2.05) is 24.3 Å². The van der Waals surface area contributed by atoms with E-state index in [4.69, 9.17) is 0 Å². The summed E-state index contributed by atoms with van der Waals surface area (Å²) in [6.07, 6.45) is 0. The number of aryl methyl sites for hydroxylation is 1. The molecule has 0 fully saturated rings. The number of fused-ring (bicyclic) bond motifs is 1. The predicted octanol–water partition coefficient (Wildman–Crippen LogP) is 1.10. The third-order valence-corrected chi connectivity index (χ3v) is 4.04. The van der Waals surface area contributed by atoms with Gasteiger partial charge in [-0.15, -0.1) is 5.10 Å². The van der Waals surface area contributed by atoms with Gasteiger partial charge in [-0.3, -0.25) is 9.59 Å². The van der Waals surface area contributed by atoms with Crippen molar-refractivity contribution in [2.75, 3.05) is 5.32 Å². The van der Waals surface area contributed by atoms with Crippen LogP contribution in [0.1, 0.15) is 11.6 Å². The molecule has 0 atom stereocenters. The van der Waals surface area contributed by atoms with Gasteiger partial charge >= 0.3 is 11.8 Å². The topological polar surface area (TPSA) is 130 Å². The van der Waals surface area contributed by atoms with Gasteiger partial charge in [-0.2, -0.15) is 4.68 Å². The van der Waals surface area contributed by atoms with Gasteiger partial charge in [-0.1, -0.05) is 18.2 Å². The maximum absolute atomic E-state index is 12.2. The third kappa shape index (κ3) is 3.56. The van der Waals surface area contributed by atoms with E-state index in [-0.39, 0.29) is 6.54 Å². The zero-order valence-electron chi connectivity index (χ0n) is 14.9. The number of hydrogen-bond acceptors (Lipinski definition) is 6. The third-order valence-electron chi connectivity index (χ3n) is 4.04. The molecule has 0 spiro atoms. The minimum atomic E-state index is -0.776.